The number of ether oxygens (including phenoxy) is 2. The zero-order chi connectivity index (χ0) is 54.5. The van der Waals surface area contributed by atoms with Gasteiger partial charge in [-0.2, -0.15) is 41.8 Å². The maximum atomic E-state index is 14.7. The van der Waals surface area contributed by atoms with Gasteiger partial charge in [-0.25, -0.2) is 18.1 Å². The van der Waals surface area contributed by atoms with Crippen LogP contribution in [0.5, 0.6) is 0 Å². The van der Waals surface area contributed by atoms with E-state index in [9.17, 15) is 40.4 Å². The number of hydrogen-bond donors (Lipinski definition) is 1. The average molecular weight is 1070 g/mol. The van der Waals surface area contributed by atoms with Crippen LogP contribution in [-0.2, 0) is 46.4 Å². The number of fused-ring (bicyclic) bond motifs is 8. The van der Waals surface area contributed by atoms with Gasteiger partial charge >= 0.3 is 12.4 Å². The minimum Gasteiger partial charge on any atom is -0.361 e. The molecular formula is C62H58F8N6O2. The molecule has 0 unspecified atom stereocenters. The van der Waals surface area contributed by atoms with Crippen LogP contribution in [0.25, 0.3) is 33.2 Å². The summed E-state index contributed by atoms with van der Waals surface area (Å²) in [5.74, 6) is -1.43. The quantitative estimate of drug-likeness (QED) is 0.144. The van der Waals surface area contributed by atoms with Crippen LogP contribution in [0.3, 0.4) is 0 Å². The number of benzene rings is 6. The summed E-state index contributed by atoms with van der Waals surface area (Å²) in [7, 11) is 0. The molecule has 8 aromatic rings. The zero-order valence-corrected chi connectivity index (χ0v) is 42.8. The highest BCUT2D eigenvalue weighted by atomic mass is 19.4. The van der Waals surface area contributed by atoms with Crippen molar-refractivity contribution in [1.29, 1.82) is 5.26 Å². The van der Waals surface area contributed by atoms with Crippen molar-refractivity contribution in [2.45, 2.75) is 125 Å². The highest BCUT2D eigenvalue weighted by molar-refractivity contribution is 5.84. The maximum absolute atomic E-state index is 14.7. The number of nitrogens with zero attached hydrogens (tertiary/aromatic N) is 5. The molecule has 2 heterocycles. The van der Waals surface area contributed by atoms with Gasteiger partial charge in [0.05, 0.1) is 59.5 Å². The second kappa shape index (κ2) is 20.7. The van der Waals surface area contributed by atoms with Crippen molar-refractivity contribution in [2.75, 3.05) is 6.54 Å². The van der Waals surface area contributed by atoms with Crippen LogP contribution in [0.1, 0.15) is 97.6 Å². The summed E-state index contributed by atoms with van der Waals surface area (Å²) in [6.07, 6.45) is -1.99. The summed E-state index contributed by atoms with van der Waals surface area (Å²) < 4.78 is 130. The number of halogens is 8. The molecular weight excluding hydrogens is 1010 g/mol. The van der Waals surface area contributed by atoms with Crippen molar-refractivity contribution >= 4 is 21.8 Å². The van der Waals surface area contributed by atoms with Crippen molar-refractivity contribution in [2.24, 2.45) is 17.6 Å². The predicted molar refractivity (Wildman–Crippen MR) is 281 cm³/mol. The Hall–Kier alpha value is -6.93. The Balaban J connectivity index is 0.000000165. The Morgan fingerprint density at radius 3 is 1.50 bits per heavy atom. The molecule has 6 atom stereocenters. The number of nitriles is 1. The molecule has 0 saturated heterocycles. The first-order valence-corrected chi connectivity index (χ1v) is 26.6. The molecule has 4 aliphatic carbocycles. The van der Waals surface area contributed by atoms with E-state index in [0.29, 0.717) is 43.4 Å². The van der Waals surface area contributed by atoms with E-state index in [-0.39, 0.29) is 69.4 Å². The third-order valence-corrected chi connectivity index (χ3v) is 17.6. The Morgan fingerprint density at radius 2 is 1.03 bits per heavy atom. The van der Waals surface area contributed by atoms with Crippen LogP contribution in [0, 0.1) is 34.8 Å². The Labute approximate surface area is 446 Å². The first kappa shape index (κ1) is 53.1. The number of hydrogen-bond acceptors (Lipinski definition) is 6. The van der Waals surface area contributed by atoms with Gasteiger partial charge in [0, 0.05) is 22.7 Å². The third kappa shape index (κ3) is 9.55. The lowest BCUT2D eigenvalue weighted by atomic mass is 9.57. The molecule has 4 aliphatic rings. The topological polar surface area (TPSA) is 104 Å². The molecule has 0 aliphatic heterocycles. The molecule has 78 heavy (non-hydrogen) atoms. The number of nitrogens with two attached hydrogens (primary N) is 1. The van der Waals surface area contributed by atoms with E-state index >= 15 is 0 Å². The van der Waals surface area contributed by atoms with E-state index in [2.05, 4.69) is 28.4 Å². The van der Waals surface area contributed by atoms with Gasteiger partial charge in [0.1, 0.15) is 11.6 Å². The van der Waals surface area contributed by atoms with E-state index in [0.717, 1.165) is 68.2 Å². The van der Waals surface area contributed by atoms with Gasteiger partial charge < -0.3 is 15.2 Å². The first-order valence-electron chi connectivity index (χ1n) is 26.6. The van der Waals surface area contributed by atoms with Gasteiger partial charge in [0.15, 0.2) is 11.2 Å². The highest BCUT2D eigenvalue weighted by Gasteiger charge is 2.64. The predicted octanol–water partition coefficient (Wildman–Crippen LogP) is 14.6. The summed E-state index contributed by atoms with van der Waals surface area (Å²) in [4.78, 5) is 0. The van der Waals surface area contributed by atoms with Gasteiger partial charge in [-0.15, -0.1) is 0 Å². The molecule has 16 heteroatoms. The van der Waals surface area contributed by atoms with Crippen molar-refractivity contribution in [1.82, 2.24) is 19.6 Å². The normalized spacial score (nSPS) is 25.1. The molecule has 0 spiro atoms. The zero-order valence-electron chi connectivity index (χ0n) is 42.8. The van der Waals surface area contributed by atoms with E-state index < -0.39 is 40.3 Å². The van der Waals surface area contributed by atoms with Crippen molar-refractivity contribution in [3.05, 3.63) is 191 Å². The van der Waals surface area contributed by atoms with Crippen LogP contribution >= 0.6 is 0 Å². The first-order chi connectivity index (χ1) is 37.5. The number of rotatable bonds is 9. The second-order valence-corrected chi connectivity index (χ2v) is 21.8. The fourth-order valence-corrected chi connectivity index (χ4v) is 13.3. The van der Waals surface area contributed by atoms with E-state index in [1.54, 1.807) is 94.6 Å². The second-order valence-electron chi connectivity index (χ2n) is 21.8. The van der Waals surface area contributed by atoms with Gasteiger partial charge in [0.25, 0.3) is 0 Å². The molecule has 8 nitrogen and oxygen atoms in total. The smallest absolute Gasteiger partial charge is 0.361 e. The van der Waals surface area contributed by atoms with Gasteiger partial charge in [-0.05, 0) is 195 Å². The molecule has 0 bridgehead atoms. The van der Waals surface area contributed by atoms with E-state index in [1.165, 1.54) is 24.3 Å². The molecule has 2 saturated carbocycles. The Kier molecular flexibility index (Phi) is 14.1. The fourth-order valence-electron chi connectivity index (χ4n) is 13.3. The van der Waals surface area contributed by atoms with Crippen LogP contribution in [-0.4, -0.2) is 49.7 Å². The minimum atomic E-state index is -4.56. The van der Waals surface area contributed by atoms with Gasteiger partial charge in [-0.1, -0.05) is 60.7 Å². The molecule has 2 fully saturated rings. The lowest BCUT2D eigenvalue weighted by molar-refractivity contribution is -0.300. The van der Waals surface area contributed by atoms with Crippen LogP contribution in [0.4, 0.5) is 35.1 Å². The standard InChI is InChI=1S/C31H31F4N3O.C31H27F4N3O/c2*32-25-9-11-26(12-10-25)38-28-16-22-7-4-8-24-17-30(31(33,34)35,39-19-21-5-2-1-3-6-21)14-13-29(24,20-36)27(22)15-23(28)18-37-38/h1-3,5-6,9-12,15-16,18,24H,4,7-8,13-14,17,19-20,36H2;1-3,5-6,9-12,15-16,18,24H,4,7-8,13-14,17,19H2/t2*24-,29+,30-/m11/s1. The van der Waals surface area contributed by atoms with Crippen LogP contribution in [0.15, 0.2) is 146 Å². The molecule has 12 rings (SSSR count). The molecule has 404 valence electrons. The van der Waals surface area contributed by atoms with Crippen LogP contribution in [0.2, 0.25) is 0 Å². The van der Waals surface area contributed by atoms with Crippen molar-refractivity contribution in [3.8, 4) is 17.4 Å². The van der Waals surface area contributed by atoms with Crippen molar-refractivity contribution in [3.63, 3.8) is 0 Å². The molecule has 2 aromatic heterocycles. The van der Waals surface area contributed by atoms with E-state index in [1.807, 2.05) is 24.3 Å². The van der Waals surface area contributed by atoms with E-state index in [4.69, 9.17) is 15.2 Å². The number of aromatic nitrogens is 4. The maximum Gasteiger partial charge on any atom is 0.417 e. The van der Waals surface area contributed by atoms with Gasteiger partial charge in [0.2, 0.25) is 0 Å². The molecule has 0 radical (unpaired) electrons. The molecule has 0 amide bonds. The third-order valence-electron chi connectivity index (χ3n) is 17.6. The number of aryl methyl sites for hydroxylation is 2. The number of alkyl halides is 6. The summed E-state index contributed by atoms with van der Waals surface area (Å²) in [6.45, 7) is 0.0593. The Morgan fingerprint density at radius 1 is 0.577 bits per heavy atom. The summed E-state index contributed by atoms with van der Waals surface area (Å²) in [5.41, 5.74) is 8.84. The summed E-state index contributed by atoms with van der Waals surface area (Å²) in [5, 5.41) is 21.3. The summed E-state index contributed by atoms with van der Waals surface area (Å²) in [6, 6.07) is 40.7. The SMILES string of the molecule is N#C[C@@]12CC[C@](OCc3ccccc3)(C(F)(F)F)C[C@H]1CCCc1cc3c(cnn3-c3ccc(F)cc3)cc12.NC[C@@]12CC[C@](OCc3ccccc3)(C(F)(F)F)C[C@H]1CCCc1cc3c(cnn3-c3ccc(F)cc3)cc12. The van der Waals surface area contributed by atoms with Crippen molar-refractivity contribution < 1.29 is 44.6 Å². The van der Waals surface area contributed by atoms with Crippen LogP contribution < -0.4 is 5.73 Å². The van der Waals surface area contributed by atoms with Gasteiger partial charge in [-0.3, -0.25) is 0 Å². The minimum absolute atomic E-state index is 0.0626. The molecule has 2 N–H and O–H groups in total. The fraction of sp³-hybridized carbons (Fsp3) is 0.371. The average Bonchev–Trinajstić information content (AvgIpc) is 4.16. The largest absolute Gasteiger partial charge is 0.417 e. The Bertz CT molecular complexity index is 3470. The summed E-state index contributed by atoms with van der Waals surface area (Å²) >= 11 is 0. The lowest BCUT2D eigenvalue weighted by Crippen LogP contribution is -2.58. The highest BCUT2D eigenvalue weighted by Crippen LogP contribution is 2.59. The molecule has 6 aromatic carbocycles. The lowest BCUT2D eigenvalue weighted by Gasteiger charge is -2.51. The monoisotopic (exact) mass is 1070 g/mol.